The van der Waals surface area contributed by atoms with E-state index < -0.39 is 28.2 Å². The van der Waals surface area contributed by atoms with Crippen molar-refractivity contribution in [3.05, 3.63) is 121 Å². The molecule has 0 heterocycles. The second kappa shape index (κ2) is 22.2. The predicted octanol–water partition coefficient (Wildman–Crippen LogP) is 11.0. The first-order valence-corrected chi connectivity index (χ1v) is 26.2. The van der Waals surface area contributed by atoms with Crippen LogP contribution >= 0.6 is 0 Å². The van der Waals surface area contributed by atoms with Gasteiger partial charge < -0.3 is 18.3 Å². The van der Waals surface area contributed by atoms with Crippen molar-refractivity contribution in [2.75, 3.05) is 0 Å². The van der Waals surface area contributed by atoms with E-state index in [1.165, 1.54) is 13.8 Å². The fourth-order valence-corrected chi connectivity index (χ4v) is 18.3. The maximum Gasteiger partial charge on any atom is 0.305 e. The molecule has 2 atom stereocenters. The van der Waals surface area contributed by atoms with Gasteiger partial charge in [0.1, 0.15) is 0 Å². The van der Waals surface area contributed by atoms with Crippen LogP contribution in [0.4, 0.5) is 0 Å². The highest BCUT2D eigenvalue weighted by molar-refractivity contribution is 7.00. The molecule has 0 aliphatic rings. The number of benzene rings is 4. The van der Waals surface area contributed by atoms with E-state index in [1.807, 2.05) is 31.2 Å². The van der Waals surface area contributed by atoms with Crippen molar-refractivity contribution in [1.29, 1.82) is 0 Å². The van der Waals surface area contributed by atoms with E-state index in [2.05, 4.69) is 157 Å². The zero-order valence-electron chi connectivity index (χ0n) is 38.8. The summed E-state index contributed by atoms with van der Waals surface area (Å²) in [6.45, 7) is 20.5. The van der Waals surface area contributed by atoms with Gasteiger partial charge in [-0.15, -0.1) is 11.8 Å². The van der Waals surface area contributed by atoms with Crippen LogP contribution in [0.3, 0.4) is 0 Å². The van der Waals surface area contributed by atoms with Crippen LogP contribution in [0.5, 0.6) is 0 Å². The number of unbranched alkanes of at least 4 members (excludes halogenated alkanes) is 5. The number of esters is 2. The van der Waals surface area contributed by atoms with Gasteiger partial charge in [0.15, 0.2) is 0 Å². The van der Waals surface area contributed by atoms with Gasteiger partial charge in [0.25, 0.3) is 16.6 Å². The SMILES string of the molecule is CCCC[C@@](CCCC#CCCCCC[C@](C)(OC(C)=O)O[Si](c1ccccc1)(c1ccccc1)C(C)(C)C)(OC(C)=O)O[Si](c1ccccc1)(c1ccccc1)C(C)(C)C. The molecule has 0 spiro atoms. The van der Waals surface area contributed by atoms with Crippen molar-refractivity contribution in [1.82, 2.24) is 0 Å². The van der Waals surface area contributed by atoms with Crippen LogP contribution in [0.15, 0.2) is 121 Å². The Morgan fingerprint density at radius 1 is 0.475 bits per heavy atom. The highest BCUT2D eigenvalue weighted by atomic mass is 28.4. The fraction of sp³-hybridized carbons (Fsp3) is 0.472. The van der Waals surface area contributed by atoms with Crippen molar-refractivity contribution < 1.29 is 27.9 Å². The van der Waals surface area contributed by atoms with E-state index in [0.717, 1.165) is 65.7 Å². The maximum atomic E-state index is 12.9. The van der Waals surface area contributed by atoms with Crippen LogP contribution in [0.2, 0.25) is 10.1 Å². The van der Waals surface area contributed by atoms with Crippen molar-refractivity contribution in [3.8, 4) is 11.8 Å². The van der Waals surface area contributed by atoms with Crippen LogP contribution < -0.4 is 20.7 Å². The minimum Gasteiger partial charge on any atom is -0.435 e. The summed E-state index contributed by atoms with van der Waals surface area (Å²) in [5.74, 6) is 3.96. The molecule has 6 nitrogen and oxygen atoms in total. The Labute approximate surface area is 370 Å². The molecule has 0 aliphatic carbocycles. The topological polar surface area (TPSA) is 71.1 Å². The Morgan fingerprint density at radius 3 is 1.23 bits per heavy atom. The van der Waals surface area contributed by atoms with E-state index in [4.69, 9.17) is 18.3 Å². The maximum absolute atomic E-state index is 12.9. The molecule has 0 aliphatic heterocycles. The molecule has 0 aromatic heterocycles. The van der Waals surface area contributed by atoms with Crippen molar-refractivity contribution >= 4 is 49.3 Å². The third-order valence-corrected chi connectivity index (χ3v) is 21.8. The summed E-state index contributed by atoms with van der Waals surface area (Å²) in [6, 6.07) is 42.0. The fourth-order valence-electron chi connectivity index (χ4n) is 8.85. The lowest BCUT2D eigenvalue weighted by Gasteiger charge is -2.49. The Morgan fingerprint density at radius 2 is 0.852 bits per heavy atom. The first-order valence-electron chi connectivity index (χ1n) is 22.4. The minimum absolute atomic E-state index is 0.256. The van der Waals surface area contributed by atoms with E-state index >= 15 is 0 Å². The Hall–Kier alpha value is -4.27. The Balaban J connectivity index is 1.46. The van der Waals surface area contributed by atoms with E-state index in [0.29, 0.717) is 25.7 Å². The first-order chi connectivity index (χ1) is 28.9. The summed E-state index contributed by atoms with van der Waals surface area (Å²) >= 11 is 0. The highest BCUT2D eigenvalue weighted by Crippen LogP contribution is 2.43. The summed E-state index contributed by atoms with van der Waals surface area (Å²) in [6.07, 6.45) is 8.44. The molecule has 328 valence electrons. The van der Waals surface area contributed by atoms with Crippen LogP contribution in [0.25, 0.3) is 0 Å². The number of hydrogen-bond donors (Lipinski definition) is 0. The second-order valence-corrected chi connectivity index (χ2v) is 27.1. The van der Waals surface area contributed by atoms with Crippen molar-refractivity contribution in [2.45, 2.75) is 162 Å². The molecule has 4 aromatic rings. The molecule has 4 aromatic carbocycles. The van der Waals surface area contributed by atoms with Gasteiger partial charge in [-0.25, -0.2) is 0 Å². The van der Waals surface area contributed by atoms with Crippen LogP contribution in [-0.4, -0.2) is 40.1 Å². The zero-order valence-corrected chi connectivity index (χ0v) is 40.8. The third-order valence-electron chi connectivity index (χ3n) is 11.6. The molecule has 0 saturated carbocycles. The normalized spacial score (nSPS) is 14.2. The lowest BCUT2D eigenvalue weighted by atomic mass is 10.0. The van der Waals surface area contributed by atoms with Gasteiger partial charge in [0, 0.05) is 52.9 Å². The molecule has 8 heteroatoms. The summed E-state index contributed by atoms with van der Waals surface area (Å²) in [7, 11) is -5.99. The molecule has 0 N–H and O–H groups in total. The minimum atomic E-state index is -3.02. The summed E-state index contributed by atoms with van der Waals surface area (Å²) < 4.78 is 27.4. The number of carbonyl (C=O) groups excluding carboxylic acids is 2. The van der Waals surface area contributed by atoms with E-state index in [9.17, 15) is 9.59 Å². The van der Waals surface area contributed by atoms with Crippen molar-refractivity contribution in [2.24, 2.45) is 0 Å². The van der Waals surface area contributed by atoms with Crippen molar-refractivity contribution in [3.63, 3.8) is 0 Å². The molecule has 0 unspecified atom stereocenters. The lowest BCUT2D eigenvalue weighted by Crippen LogP contribution is -2.70. The number of carbonyl (C=O) groups is 2. The average molecular weight is 861 g/mol. The number of rotatable bonds is 21. The standard InChI is InChI=1S/C53H72O6Si2/c1-11-12-42-53(57-45(3)55,59-61(51(7,8)9,48-37-27-21-28-38-48)49-39-29-22-30-40-49)43-32-18-16-14-13-15-17-31-41-52(10,56-44(2)54)58-60(50(4,5)6,46-33-23-19-24-34-46)47-35-25-20-26-36-47/h19-30,33-40H,11-13,15,17-18,31-32,41-43H2,1-10H3/t52-,53-/m1/s1. The summed E-state index contributed by atoms with van der Waals surface area (Å²) in [4.78, 5) is 25.5. The molecular formula is C53H72O6Si2. The molecule has 0 fully saturated rings. The third kappa shape index (κ3) is 12.9. The van der Waals surface area contributed by atoms with Gasteiger partial charge in [0.05, 0.1) is 0 Å². The summed E-state index contributed by atoms with van der Waals surface area (Å²) in [5.41, 5.74) is 0. The molecule has 4 rings (SSSR count). The van der Waals surface area contributed by atoms with Gasteiger partial charge >= 0.3 is 11.9 Å². The molecule has 0 radical (unpaired) electrons. The number of ether oxygens (including phenoxy) is 2. The zero-order chi connectivity index (χ0) is 44.6. The molecule has 0 amide bonds. The smallest absolute Gasteiger partial charge is 0.305 e. The average Bonchev–Trinajstić information content (AvgIpc) is 3.22. The highest BCUT2D eigenvalue weighted by Gasteiger charge is 2.56. The van der Waals surface area contributed by atoms with Gasteiger partial charge in [-0.2, -0.15) is 0 Å². The lowest BCUT2D eigenvalue weighted by molar-refractivity contribution is -0.205. The van der Waals surface area contributed by atoms with Gasteiger partial charge in [-0.1, -0.05) is 183 Å². The molecular weight excluding hydrogens is 789 g/mol. The monoisotopic (exact) mass is 860 g/mol. The largest absolute Gasteiger partial charge is 0.435 e. The van der Waals surface area contributed by atoms with Crippen LogP contribution in [-0.2, 0) is 27.9 Å². The van der Waals surface area contributed by atoms with Gasteiger partial charge in [0.2, 0.25) is 11.6 Å². The molecule has 0 bridgehead atoms. The molecule has 0 saturated heterocycles. The molecule has 61 heavy (non-hydrogen) atoms. The van der Waals surface area contributed by atoms with E-state index in [1.54, 1.807) is 0 Å². The quantitative estimate of drug-likeness (QED) is 0.0273. The Kier molecular flexibility index (Phi) is 18.0. The Bertz CT molecular complexity index is 1920. The number of hydrogen-bond acceptors (Lipinski definition) is 6. The van der Waals surface area contributed by atoms with Crippen LogP contribution in [0.1, 0.15) is 140 Å². The van der Waals surface area contributed by atoms with Gasteiger partial charge in [-0.05, 0) is 56.5 Å². The van der Waals surface area contributed by atoms with Gasteiger partial charge in [-0.3, -0.25) is 9.59 Å². The predicted molar refractivity (Wildman–Crippen MR) is 256 cm³/mol. The first kappa shape index (κ1) is 49.4. The van der Waals surface area contributed by atoms with E-state index in [-0.39, 0.29) is 22.0 Å². The van der Waals surface area contributed by atoms with Crippen LogP contribution in [0, 0.1) is 11.8 Å². The summed E-state index contributed by atoms with van der Waals surface area (Å²) in [5, 5.41) is 4.08. The second-order valence-electron chi connectivity index (χ2n) is 18.6.